The molecule has 1 fully saturated rings. The van der Waals surface area contributed by atoms with E-state index in [1.165, 1.54) is 11.3 Å². The van der Waals surface area contributed by atoms with E-state index in [-0.39, 0.29) is 18.4 Å². The number of aromatic nitrogens is 3. The monoisotopic (exact) mass is 685 g/mol. The number of carbonyl (C=O) groups excluding carboxylic acids is 3. The minimum Gasteiger partial charge on any atom is -0.463 e. The van der Waals surface area contributed by atoms with E-state index >= 15 is 0 Å². The standard InChI is InChI=1S/C33H44ClN7O5S/c1-20(2)17-24(38-32(44)46-33(5,6)7)31(43)45-16-15-40-11-13-41(14-12-40)27-18-26(36-22(4)37-27)39-29(42)30-35-19-25(47-30)28-21(3)9-8-10-23(28)34/h8-10,18-20,24H,11-17H2,1-7H3,(H,38,44)(H,36,37,39,42)/t24-/m0/s1. The largest absolute Gasteiger partial charge is 0.463 e. The van der Waals surface area contributed by atoms with Crippen molar-refractivity contribution >= 4 is 52.5 Å². The van der Waals surface area contributed by atoms with Gasteiger partial charge in [-0.15, -0.1) is 11.3 Å². The highest BCUT2D eigenvalue weighted by Crippen LogP contribution is 2.35. The quantitative estimate of drug-likeness (QED) is 0.241. The second-order valence-corrected chi connectivity index (χ2v) is 14.3. The number of hydrogen-bond donors (Lipinski definition) is 2. The molecule has 1 aromatic carbocycles. The van der Waals surface area contributed by atoms with Gasteiger partial charge < -0.3 is 25.0 Å². The Hall–Kier alpha value is -3.81. The number of aryl methyl sites for hydroxylation is 2. The van der Waals surface area contributed by atoms with Gasteiger partial charge in [0.1, 0.15) is 35.7 Å². The summed E-state index contributed by atoms with van der Waals surface area (Å²) in [6.45, 7) is 16.7. The number of rotatable bonds is 11. The summed E-state index contributed by atoms with van der Waals surface area (Å²) in [5.41, 5.74) is 1.21. The number of halogens is 1. The molecule has 1 aliphatic heterocycles. The third kappa shape index (κ3) is 10.6. The third-order valence-electron chi connectivity index (χ3n) is 7.27. The van der Waals surface area contributed by atoms with Crippen LogP contribution in [0.15, 0.2) is 30.5 Å². The Morgan fingerprint density at radius 3 is 2.47 bits per heavy atom. The summed E-state index contributed by atoms with van der Waals surface area (Å²) < 4.78 is 10.9. The van der Waals surface area contributed by atoms with E-state index in [2.05, 4.69) is 35.4 Å². The predicted molar refractivity (Wildman–Crippen MR) is 184 cm³/mol. The van der Waals surface area contributed by atoms with Crippen LogP contribution in [0.2, 0.25) is 5.02 Å². The molecule has 2 amide bonds. The van der Waals surface area contributed by atoms with E-state index in [1.54, 1.807) is 40.0 Å². The van der Waals surface area contributed by atoms with Crippen LogP contribution in [0.3, 0.4) is 0 Å². The van der Waals surface area contributed by atoms with Crippen molar-refractivity contribution in [2.45, 2.75) is 66.5 Å². The number of nitrogens with one attached hydrogen (secondary N) is 2. The van der Waals surface area contributed by atoms with Crippen LogP contribution in [-0.4, -0.2) is 88.8 Å². The lowest BCUT2D eigenvalue weighted by molar-refractivity contribution is -0.147. The lowest BCUT2D eigenvalue weighted by atomic mass is 10.0. The van der Waals surface area contributed by atoms with Crippen LogP contribution < -0.4 is 15.5 Å². The molecule has 0 unspecified atom stereocenters. The Balaban J connectivity index is 1.28. The van der Waals surface area contributed by atoms with Crippen molar-refractivity contribution in [1.82, 2.24) is 25.2 Å². The first-order valence-electron chi connectivity index (χ1n) is 15.7. The van der Waals surface area contributed by atoms with Crippen LogP contribution in [0.5, 0.6) is 0 Å². The molecule has 0 bridgehead atoms. The highest BCUT2D eigenvalue weighted by Gasteiger charge is 2.27. The van der Waals surface area contributed by atoms with Crippen LogP contribution in [0.25, 0.3) is 10.4 Å². The Bertz CT molecular complexity index is 1550. The molecule has 2 N–H and O–H groups in total. The van der Waals surface area contributed by atoms with Crippen molar-refractivity contribution in [2.75, 3.05) is 49.5 Å². The summed E-state index contributed by atoms with van der Waals surface area (Å²) in [7, 11) is 0. The lowest BCUT2D eigenvalue weighted by Crippen LogP contribution is -2.48. The average molecular weight is 686 g/mol. The van der Waals surface area contributed by atoms with Gasteiger partial charge in [-0.3, -0.25) is 9.69 Å². The Labute approximate surface area is 285 Å². The van der Waals surface area contributed by atoms with E-state index < -0.39 is 23.7 Å². The molecule has 0 radical (unpaired) electrons. The number of alkyl carbamates (subject to hydrolysis) is 1. The zero-order valence-corrected chi connectivity index (χ0v) is 29.6. The molecule has 254 valence electrons. The molecule has 14 heteroatoms. The Morgan fingerprint density at radius 2 is 1.81 bits per heavy atom. The van der Waals surface area contributed by atoms with Gasteiger partial charge in [-0.05, 0) is 58.6 Å². The minimum atomic E-state index is -0.776. The third-order valence-corrected chi connectivity index (χ3v) is 8.59. The van der Waals surface area contributed by atoms with Crippen molar-refractivity contribution in [2.24, 2.45) is 5.92 Å². The minimum absolute atomic E-state index is 0.179. The highest BCUT2D eigenvalue weighted by molar-refractivity contribution is 7.17. The number of anilines is 2. The second-order valence-electron chi connectivity index (χ2n) is 12.9. The molecule has 2 aromatic heterocycles. The predicted octanol–water partition coefficient (Wildman–Crippen LogP) is 5.73. The lowest BCUT2D eigenvalue weighted by Gasteiger charge is -2.35. The molecule has 47 heavy (non-hydrogen) atoms. The number of esters is 1. The second kappa shape index (κ2) is 15.9. The smallest absolute Gasteiger partial charge is 0.408 e. The van der Waals surface area contributed by atoms with Gasteiger partial charge in [-0.25, -0.2) is 24.5 Å². The van der Waals surface area contributed by atoms with Gasteiger partial charge in [0.15, 0.2) is 5.01 Å². The number of carbonyl (C=O) groups is 3. The summed E-state index contributed by atoms with van der Waals surface area (Å²) in [6.07, 6.45) is 1.47. The van der Waals surface area contributed by atoms with Gasteiger partial charge in [0.05, 0.1) is 4.88 Å². The molecule has 0 saturated carbocycles. The summed E-state index contributed by atoms with van der Waals surface area (Å²) >= 11 is 7.68. The van der Waals surface area contributed by atoms with Gasteiger partial charge in [0.2, 0.25) is 0 Å². The van der Waals surface area contributed by atoms with Crippen LogP contribution in [-0.2, 0) is 14.3 Å². The summed E-state index contributed by atoms with van der Waals surface area (Å²) in [5, 5.41) is 6.45. The van der Waals surface area contributed by atoms with Gasteiger partial charge in [0, 0.05) is 55.6 Å². The number of piperazine rings is 1. The van der Waals surface area contributed by atoms with E-state index in [1.807, 2.05) is 39.0 Å². The molecule has 4 rings (SSSR count). The maximum absolute atomic E-state index is 13.1. The summed E-state index contributed by atoms with van der Waals surface area (Å²) in [6, 6.07) is 6.67. The molecule has 1 aliphatic rings. The zero-order valence-electron chi connectivity index (χ0n) is 28.1. The maximum Gasteiger partial charge on any atom is 0.408 e. The summed E-state index contributed by atoms with van der Waals surface area (Å²) in [5.74, 6) is 1.00. The van der Waals surface area contributed by atoms with Gasteiger partial charge >= 0.3 is 12.1 Å². The van der Waals surface area contributed by atoms with Gasteiger partial charge in [-0.1, -0.05) is 37.6 Å². The van der Waals surface area contributed by atoms with E-state index in [4.69, 9.17) is 21.1 Å². The van der Waals surface area contributed by atoms with Gasteiger partial charge in [0.25, 0.3) is 5.91 Å². The fraction of sp³-hybridized carbons (Fsp3) is 0.515. The van der Waals surface area contributed by atoms with Crippen LogP contribution in [0, 0.1) is 19.8 Å². The molecule has 12 nitrogen and oxygen atoms in total. The molecule has 1 atom stereocenters. The van der Waals surface area contributed by atoms with Gasteiger partial charge in [-0.2, -0.15) is 0 Å². The van der Waals surface area contributed by atoms with Crippen molar-refractivity contribution in [3.8, 4) is 10.4 Å². The molecule has 3 aromatic rings. The first-order valence-corrected chi connectivity index (χ1v) is 16.9. The van der Waals surface area contributed by atoms with E-state index in [9.17, 15) is 14.4 Å². The number of hydrogen-bond acceptors (Lipinski definition) is 11. The normalized spacial score (nSPS) is 14.5. The Morgan fingerprint density at radius 1 is 1.09 bits per heavy atom. The van der Waals surface area contributed by atoms with Crippen molar-refractivity contribution in [1.29, 1.82) is 0 Å². The number of thiazole rings is 1. The first-order chi connectivity index (χ1) is 22.2. The zero-order chi connectivity index (χ0) is 34.3. The average Bonchev–Trinajstić information content (AvgIpc) is 3.45. The number of amides is 2. The van der Waals surface area contributed by atoms with Crippen LogP contribution >= 0.6 is 22.9 Å². The van der Waals surface area contributed by atoms with Crippen molar-refractivity contribution in [3.05, 3.63) is 51.9 Å². The van der Waals surface area contributed by atoms with Crippen LogP contribution in [0.1, 0.15) is 62.2 Å². The first kappa shape index (κ1) is 36.0. The van der Waals surface area contributed by atoms with E-state index in [0.29, 0.717) is 47.7 Å². The highest BCUT2D eigenvalue weighted by atomic mass is 35.5. The maximum atomic E-state index is 13.1. The Kier molecular flexibility index (Phi) is 12.2. The topological polar surface area (TPSA) is 139 Å². The summed E-state index contributed by atoms with van der Waals surface area (Å²) in [4.78, 5) is 56.7. The van der Waals surface area contributed by atoms with E-state index in [0.717, 1.165) is 34.9 Å². The molecule has 1 saturated heterocycles. The SMILES string of the molecule is Cc1nc(NC(=O)c2ncc(-c3c(C)cccc3Cl)s2)cc(N2CCN(CCOC(=O)[C@H](CC(C)C)NC(=O)OC(C)(C)C)CC2)n1. The van der Waals surface area contributed by atoms with Crippen molar-refractivity contribution in [3.63, 3.8) is 0 Å². The van der Waals surface area contributed by atoms with Crippen molar-refractivity contribution < 1.29 is 23.9 Å². The molecule has 3 heterocycles. The fourth-order valence-electron chi connectivity index (χ4n) is 5.10. The molecular formula is C33H44ClN7O5S. The number of ether oxygens (including phenoxy) is 2. The molecule has 0 aliphatic carbocycles. The fourth-order valence-corrected chi connectivity index (χ4v) is 6.41. The molecular weight excluding hydrogens is 642 g/mol. The number of nitrogens with zero attached hydrogens (tertiary/aromatic N) is 5. The molecule has 0 spiro atoms. The number of benzene rings is 1. The van der Waals surface area contributed by atoms with Crippen LogP contribution in [0.4, 0.5) is 16.4 Å².